The van der Waals surface area contributed by atoms with Gasteiger partial charge in [-0.25, -0.2) is 4.52 Å². The van der Waals surface area contributed by atoms with Crippen LogP contribution in [0.2, 0.25) is 0 Å². The second-order valence-corrected chi connectivity index (χ2v) is 2.76. The van der Waals surface area contributed by atoms with E-state index >= 15 is 0 Å². The largest absolute Gasteiger partial charge is 0.480 e. The van der Waals surface area contributed by atoms with Crippen molar-refractivity contribution in [1.82, 2.24) is 20.0 Å². The van der Waals surface area contributed by atoms with Gasteiger partial charge in [0.25, 0.3) is 0 Å². The minimum Gasteiger partial charge on any atom is -0.480 e. The highest BCUT2D eigenvalue weighted by Crippen LogP contribution is 2.11. The normalized spacial score (nSPS) is 12.9. The van der Waals surface area contributed by atoms with E-state index in [4.69, 9.17) is 10.8 Å². The Morgan fingerprint density at radius 2 is 2.43 bits per heavy atom. The van der Waals surface area contributed by atoms with Crippen molar-refractivity contribution in [2.24, 2.45) is 5.73 Å². The van der Waals surface area contributed by atoms with Gasteiger partial charge in [-0.1, -0.05) is 0 Å². The van der Waals surface area contributed by atoms with E-state index in [1.54, 1.807) is 18.3 Å². The number of hydrogen-bond acceptors (Lipinski definition) is 5. The molecule has 2 aromatic heterocycles. The van der Waals surface area contributed by atoms with Gasteiger partial charge < -0.3 is 10.8 Å². The molecule has 14 heavy (non-hydrogen) atoms. The van der Waals surface area contributed by atoms with Crippen LogP contribution in [-0.4, -0.2) is 31.1 Å². The van der Waals surface area contributed by atoms with Crippen molar-refractivity contribution >= 4 is 11.6 Å². The SMILES string of the molecule is NC(C(=O)O)c1ccn2nnnc2c1. The fourth-order valence-corrected chi connectivity index (χ4v) is 1.09. The van der Waals surface area contributed by atoms with Crippen LogP contribution in [0.5, 0.6) is 0 Å². The standard InChI is InChI=1S/C7H7N5O2/c8-6(7(13)14)4-1-2-12-5(3-4)9-10-11-12/h1-3,6H,8H2,(H,13,14). The molecular formula is C7H7N5O2. The molecule has 1 atom stereocenters. The summed E-state index contributed by atoms with van der Waals surface area (Å²) < 4.78 is 1.43. The predicted molar refractivity (Wildman–Crippen MR) is 45.3 cm³/mol. The first-order valence-corrected chi connectivity index (χ1v) is 3.84. The third kappa shape index (κ3) is 1.29. The molecular weight excluding hydrogens is 186 g/mol. The van der Waals surface area contributed by atoms with Gasteiger partial charge in [-0.3, -0.25) is 4.79 Å². The van der Waals surface area contributed by atoms with Crippen molar-refractivity contribution in [1.29, 1.82) is 0 Å². The summed E-state index contributed by atoms with van der Waals surface area (Å²) in [5.74, 6) is -1.08. The van der Waals surface area contributed by atoms with Gasteiger partial charge >= 0.3 is 5.97 Å². The van der Waals surface area contributed by atoms with Crippen LogP contribution in [0, 0.1) is 0 Å². The highest BCUT2D eigenvalue weighted by Gasteiger charge is 2.14. The predicted octanol–water partition coefficient (Wildman–Crippen LogP) is -0.791. The van der Waals surface area contributed by atoms with Gasteiger partial charge in [0.1, 0.15) is 6.04 Å². The molecule has 7 nitrogen and oxygen atoms in total. The zero-order valence-electron chi connectivity index (χ0n) is 7.03. The third-order valence-electron chi connectivity index (χ3n) is 1.85. The highest BCUT2D eigenvalue weighted by atomic mass is 16.4. The second kappa shape index (κ2) is 3.04. The lowest BCUT2D eigenvalue weighted by atomic mass is 10.1. The van der Waals surface area contributed by atoms with Crippen molar-refractivity contribution < 1.29 is 9.90 Å². The summed E-state index contributed by atoms with van der Waals surface area (Å²) >= 11 is 0. The molecule has 1 unspecified atom stereocenters. The number of nitrogens with two attached hydrogens (primary N) is 1. The first-order chi connectivity index (χ1) is 6.68. The number of hydrogen-bond donors (Lipinski definition) is 2. The number of carbonyl (C=O) groups is 1. The minimum atomic E-state index is -1.08. The van der Waals surface area contributed by atoms with Gasteiger partial charge in [0.2, 0.25) is 0 Å². The summed E-state index contributed by atoms with van der Waals surface area (Å²) in [6.07, 6.45) is 1.56. The van der Waals surface area contributed by atoms with Crippen molar-refractivity contribution in [2.45, 2.75) is 6.04 Å². The topological polar surface area (TPSA) is 106 Å². The molecule has 2 aromatic rings. The van der Waals surface area contributed by atoms with Crippen molar-refractivity contribution in [3.63, 3.8) is 0 Å². The minimum absolute atomic E-state index is 0.471. The average Bonchev–Trinajstić information content (AvgIpc) is 2.62. The van der Waals surface area contributed by atoms with E-state index in [1.807, 2.05) is 0 Å². The Labute approximate surface area is 78.1 Å². The van der Waals surface area contributed by atoms with Gasteiger partial charge in [0.15, 0.2) is 5.65 Å². The number of aliphatic carboxylic acids is 1. The van der Waals surface area contributed by atoms with Crippen molar-refractivity contribution in [2.75, 3.05) is 0 Å². The summed E-state index contributed by atoms with van der Waals surface area (Å²) in [7, 11) is 0. The zero-order valence-corrected chi connectivity index (χ0v) is 7.03. The number of carboxylic acid groups (broad SMARTS) is 1. The molecule has 3 N–H and O–H groups in total. The fourth-order valence-electron chi connectivity index (χ4n) is 1.09. The lowest BCUT2D eigenvalue weighted by molar-refractivity contribution is -0.138. The molecule has 7 heteroatoms. The molecule has 0 saturated carbocycles. The Morgan fingerprint density at radius 3 is 3.14 bits per heavy atom. The maximum atomic E-state index is 10.6. The summed E-state index contributed by atoms with van der Waals surface area (Å²) in [4.78, 5) is 10.6. The number of pyridine rings is 1. The molecule has 2 rings (SSSR count). The Kier molecular flexibility index (Phi) is 1.86. The number of carboxylic acids is 1. The van der Waals surface area contributed by atoms with Crippen LogP contribution in [0.1, 0.15) is 11.6 Å². The van der Waals surface area contributed by atoms with E-state index in [0.29, 0.717) is 11.2 Å². The maximum Gasteiger partial charge on any atom is 0.325 e. The van der Waals surface area contributed by atoms with Crippen LogP contribution in [-0.2, 0) is 4.79 Å². The van der Waals surface area contributed by atoms with E-state index in [-0.39, 0.29) is 0 Å². The van der Waals surface area contributed by atoms with Crippen molar-refractivity contribution in [3.05, 3.63) is 23.9 Å². The molecule has 0 aromatic carbocycles. The third-order valence-corrected chi connectivity index (χ3v) is 1.85. The van der Waals surface area contributed by atoms with Crippen LogP contribution >= 0.6 is 0 Å². The molecule has 0 fully saturated rings. The van der Waals surface area contributed by atoms with Gasteiger partial charge in [-0.05, 0) is 28.1 Å². The quantitative estimate of drug-likeness (QED) is 0.647. The summed E-state index contributed by atoms with van der Waals surface area (Å²) in [5.41, 5.74) is 6.36. The van der Waals surface area contributed by atoms with Crippen LogP contribution < -0.4 is 5.73 Å². The van der Waals surface area contributed by atoms with E-state index in [0.717, 1.165) is 0 Å². The monoisotopic (exact) mass is 193 g/mol. The first kappa shape index (κ1) is 8.57. The Balaban J connectivity index is 2.48. The van der Waals surface area contributed by atoms with E-state index in [2.05, 4.69) is 15.5 Å². The van der Waals surface area contributed by atoms with E-state index in [9.17, 15) is 4.79 Å². The number of aromatic nitrogens is 4. The number of rotatable bonds is 2. The molecule has 0 bridgehead atoms. The van der Waals surface area contributed by atoms with Crippen LogP contribution in [0.4, 0.5) is 0 Å². The van der Waals surface area contributed by atoms with Crippen LogP contribution in [0.15, 0.2) is 18.3 Å². The Bertz CT molecular complexity index is 480. The lowest BCUT2D eigenvalue weighted by Crippen LogP contribution is -2.20. The Morgan fingerprint density at radius 1 is 1.64 bits per heavy atom. The van der Waals surface area contributed by atoms with E-state index in [1.165, 1.54) is 4.52 Å². The van der Waals surface area contributed by atoms with Crippen molar-refractivity contribution in [3.8, 4) is 0 Å². The number of nitrogens with zero attached hydrogens (tertiary/aromatic N) is 4. The first-order valence-electron chi connectivity index (χ1n) is 3.84. The molecule has 0 aliphatic carbocycles. The van der Waals surface area contributed by atoms with Gasteiger partial charge in [0.05, 0.1) is 0 Å². The molecule has 0 aliphatic heterocycles. The van der Waals surface area contributed by atoms with Gasteiger partial charge in [-0.2, -0.15) is 0 Å². The van der Waals surface area contributed by atoms with E-state index < -0.39 is 12.0 Å². The average molecular weight is 193 g/mol. The molecule has 72 valence electrons. The maximum absolute atomic E-state index is 10.6. The number of tetrazole rings is 1. The second-order valence-electron chi connectivity index (χ2n) is 2.76. The molecule has 0 radical (unpaired) electrons. The zero-order chi connectivity index (χ0) is 10.1. The highest BCUT2D eigenvalue weighted by molar-refractivity contribution is 5.75. The van der Waals surface area contributed by atoms with Gasteiger partial charge in [0, 0.05) is 6.20 Å². The summed E-state index contributed by atoms with van der Waals surface area (Å²) in [6.45, 7) is 0. The van der Waals surface area contributed by atoms with Gasteiger partial charge in [-0.15, -0.1) is 5.10 Å². The fraction of sp³-hybridized carbons (Fsp3) is 0.143. The smallest absolute Gasteiger partial charge is 0.325 e. The Hall–Kier alpha value is -2.02. The molecule has 0 spiro atoms. The van der Waals surface area contributed by atoms with Crippen LogP contribution in [0.25, 0.3) is 5.65 Å². The molecule has 0 amide bonds. The summed E-state index contributed by atoms with van der Waals surface area (Å²) in [5, 5.41) is 19.4. The summed E-state index contributed by atoms with van der Waals surface area (Å²) in [6, 6.07) is 2.07. The molecule has 0 saturated heterocycles. The lowest BCUT2D eigenvalue weighted by Gasteiger charge is -2.05. The molecule has 2 heterocycles. The van der Waals surface area contributed by atoms with Crippen LogP contribution in [0.3, 0.4) is 0 Å². The molecule has 0 aliphatic rings. The number of fused-ring (bicyclic) bond motifs is 1.